The monoisotopic (exact) mass is 314 g/mol. The molecule has 0 bridgehead atoms. The maximum Gasteiger partial charge on any atom is 0.258 e. The van der Waals surface area contributed by atoms with Crippen LogP contribution in [0.1, 0.15) is 51.0 Å². The molecule has 1 unspecified atom stereocenters. The number of hydrogen-bond donors (Lipinski definition) is 3. The predicted octanol–water partition coefficient (Wildman–Crippen LogP) is 1.77. The van der Waals surface area contributed by atoms with Crippen molar-refractivity contribution in [1.82, 2.24) is 20.2 Å². The highest BCUT2D eigenvalue weighted by Gasteiger charge is 2.29. The van der Waals surface area contributed by atoms with Crippen LogP contribution in [0.4, 0.5) is 0 Å². The standard InChI is InChI=1S/C14H26N4O2S/c1-3-13(11-7-5-4-6-8-11)18-21(19,20)14-12(9-15-2)10-16-17-14/h10-11,13,15,18H,3-9H2,1-2H3,(H,16,17). The summed E-state index contributed by atoms with van der Waals surface area (Å²) in [7, 11) is -1.75. The fraction of sp³-hybridized carbons (Fsp3) is 0.786. The first kappa shape index (κ1) is 16.5. The minimum atomic E-state index is -3.54. The van der Waals surface area contributed by atoms with Gasteiger partial charge in [-0.2, -0.15) is 5.10 Å². The number of aromatic nitrogens is 2. The van der Waals surface area contributed by atoms with E-state index >= 15 is 0 Å². The van der Waals surface area contributed by atoms with Gasteiger partial charge in [-0.25, -0.2) is 13.1 Å². The molecule has 2 rings (SSSR count). The number of sulfonamides is 1. The van der Waals surface area contributed by atoms with Gasteiger partial charge in [0, 0.05) is 18.2 Å². The van der Waals surface area contributed by atoms with Crippen LogP contribution in [0.2, 0.25) is 0 Å². The van der Waals surface area contributed by atoms with E-state index in [0.29, 0.717) is 18.0 Å². The molecule has 1 heterocycles. The van der Waals surface area contributed by atoms with E-state index in [2.05, 4.69) is 20.2 Å². The van der Waals surface area contributed by atoms with Crippen LogP contribution in [-0.2, 0) is 16.6 Å². The Morgan fingerprint density at radius 3 is 2.71 bits per heavy atom. The number of nitrogens with one attached hydrogen (secondary N) is 3. The van der Waals surface area contributed by atoms with Crippen LogP contribution in [0.25, 0.3) is 0 Å². The van der Waals surface area contributed by atoms with Gasteiger partial charge < -0.3 is 5.32 Å². The summed E-state index contributed by atoms with van der Waals surface area (Å²) >= 11 is 0. The lowest BCUT2D eigenvalue weighted by molar-refractivity contribution is 0.285. The summed E-state index contributed by atoms with van der Waals surface area (Å²) < 4.78 is 28.1. The Kier molecular flexibility index (Phi) is 5.78. The highest BCUT2D eigenvalue weighted by atomic mass is 32.2. The number of nitrogens with zero attached hydrogens (tertiary/aromatic N) is 1. The fourth-order valence-corrected chi connectivity index (χ4v) is 4.67. The van der Waals surface area contributed by atoms with Crippen LogP contribution in [0.3, 0.4) is 0 Å². The topological polar surface area (TPSA) is 86.9 Å². The minimum Gasteiger partial charge on any atom is -0.316 e. The second-order valence-corrected chi connectivity index (χ2v) is 7.44. The molecule has 0 aromatic carbocycles. The van der Waals surface area contributed by atoms with Crippen LogP contribution >= 0.6 is 0 Å². The smallest absolute Gasteiger partial charge is 0.258 e. The van der Waals surface area contributed by atoms with Crippen LogP contribution in [0.5, 0.6) is 0 Å². The SMILES string of the molecule is CCC(NS(=O)(=O)c1[nH]ncc1CNC)C1CCCCC1. The average molecular weight is 314 g/mol. The van der Waals surface area contributed by atoms with Gasteiger partial charge in [0.25, 0.3) is 10.0 Å². The molecule has 0 radical (unpaired) electrons. The molecule has 1 aliphatic rings. The molecule has 120 valence electrons. The van der Waals surface area contributed by atoms with Crippen LogP contribution in [0.15, 0.2) is 11.2 Å². The van der Waals surface area contributed by atoms with Crippen molar-refractivity contribution in [1.29, 1.82) is 0 Å². The zero-order chi connectivity index (χ0) is 15.3. The molecule has 1 fully saturated rings. The lowest BCUT2D eigenvalue weighted by atomic mass is 9.83. The van der Waals surface area contributed by atoms with E-state index in [1.54, 1.807) is 13.2 Å². The molecular formula is C14H26N4O2S. The molecule has 7 heteroatoms. The van der Waals surface area contributed by atoms with Crippen molar-refractivity contribution in [3.05, 3.63) is 11.8 Å². The predicted molar refractivity (Wildman–Crippen MR) is 82.3 cm³/mol. The van der Waals surface area contributed by atoms with Crippen molar-refractivity contribution >= 4 is 10.0 Å². The van der Waals surface area contributed by atoms with E-state index in [-0.39, 0.29) is 11.1 Å². The van der Waals surface area contributed by atoms with Gasteiger partial charge in [0.15, 0.2) is 5.03 Å². The maximum atomic E-state index is 12.6. The molecule has 1 aliphatic carbocycles. The van der Waals surface area contributed by atoms with Crippen molar-refractivity contribution in [2.45, 2.75) is 63.1 Å². The zero-order valence-electron chi connectivity index (χ0n) is 12.9. The number of rotatable bonds is 7. The van der Waals surface area contributed by atoms with E-state index in [1.165, 1.54) is 19.3 Å². The molecule has 3 N–H and O–H groups in total. The van der Waals surface area contributed by atoms with Crippen molar-refractivity contribution in [3.63, 3.8) is 0 Å². The molecule has 0 spiro atoms. The fourth-order valence-electron chi connectivity index (χ4n) is 3.16. The van der Waals surface area contributed by atoms with Crippen molar-refractivity contribution in [2.75, 3.05) is 7.05 Å². The highest BCUT2D eigenvalue weighted by molar-refractivity contribution is 7.89. The third kappa shape index (κ3) is 4.05. The number of aromatic amines is 1. The first-order valence-corrected chi connectivity index (χ1v) is 9.26. The van der Waals surface area contributed by atoms with E-state index < -0.39 is 10.0 Å². The molecule has 1 saturated carbocycles. The summed E-state index contributed by atoms with van der Waals surface area (Å²) in [5.41, 5.74) is 0.670. The molecule has 1 aromatic rings. The second kappa shape index (κ2) is 7.38. The second-order valence-electron chi connectivity index (χ2n) is 5.79. The van der Waals surface area contributed by atoms with Gasteiger partial charge in [0.2, 0.25) is 0 Å². The maximum absolute atomic E-state index is 12.6. The Labute approximate surface area is 127 Å². The first-order chi connectivity index (χ1) is 10.1. The van der Waals surface area contributed by atoms with Crippen LogP contribution in [-0.4, -0.2) is 31.7 Å². The first-order valence-electron chi connectivity index (χ1n) is 7.77. The molecule has 6 nitrogen and oxygen atoms in total. The van der Waals surface area contributed by atoms with Gasteiger partial charge in [0.05, 0.1) is 6.20 Å². The van der Waals surface area contributed by atoms with Gasteiger partial charge in [-0.3, -0.25) is 5.10 Å². The Balaban J connectivity index is 2.12. The van der Waals surface area contributed by atoms with E-state index in [0.717, 1.165) is 19.3 Å². The normalized spacial score (nSPS) is 18.8. The quantitative estimate of drug-likeness (QED) is 0.716. The largest absolute Gasteiger partial charge is 0.316 e. The number of H-pyrrole nitrogens is 1. The zero-order valence-corrected chi connectivity index (χ0v) is 13.7. The van der Waals surface area contributed by atoms with Crippen LogP contribution < -0.4 is 10.0 Å². The Morgan fingerprint density at radius 1 is 1.38 bits per heavy atom. The number of hydrogen-bond acceptors (Lipinski definition) is 4. The minimum absolute atomic E-state index is 0.0148. The highest BCUT2D eigenvalue weighted by Crippen LogP contribution is 2.28. The average Bonchev–Trinajstić information content (AvgIpc) is 2.95. The van der Waals surface area contributed by atoms with Crippen molar-refractivity contribution in [3.8, 4) is 0 Å². The summed E-state index contributed by atoms with van der Waals surface area (Å²) in [5, 5.41) is 9.64. The third-order valence-electron chi connectivity index (χ3n) is 4.28. The van der Waals surface area contributed by atoms with Gasteiger partial charge in [0.1, 0.15) is 0 Å². The Bertz CT molecular complexity index is 535. The molecular weight excluding hydrogens is 288 g/mol. The van der Waals surface area contributed by atoms with Gasteiger partial charge in [-0.1, -0.05) is 26.2 Å². The lowest BCUT2D eigenvalue weighted by Gasteiger charge is -2.29. The Hall–Kier alpha value is -0.920. The lowest BCUT2D eigenvalue weighted by Crippen LogP contribution is -2.41. The van der Waals surface area contributed by atoms with E-state index in [4.69, 9.17) is 0 Å². The summed E-state index contributed by atoms with van der Waals surface area (Å²) in [4.78, 5) is 0. The molecule has 1 atom stereocenters. The van der Waals surface area contributed by atoms with Gasteiger partial charge >= 0.3 is 0 Å². The van der Waals surface area contributed by atoms with Crippen LogP contribution in [0, 0.1) is 5.92 Å². The Morgan fingerprint density at radius 2 is 2.10 bits per heavy atom. The molecule has 0 amide bonds. The molecule has 21 heavy (non-hydrogen) atoms. The molecule has 0 saturated heterocycles. The van der Waals surface area contributed by atoms with Gasteiger partial charge in [-0.15, -0.1) is 0 Å². The van der Waals surface area contributed by atoms with E-state index in [9.17, 15) is 8.42 Å². The molecule has 1 aromatic heterocycles. The van der Waals surface area contributed by atoms with Gasteiger partial charge in [-0.05, 0) is 32.2 Å². The van der Waals surface area contributed by atoms with E-state index in [1.807, 2.05) is 6.92 Å². The van der Waals surface area contributed by atoms with Crippen molar-refractivity contribution < 1.29 is 8.42 Å². The summed E-state index contributed by atoms with van der Waals surface area (Å²) in [6.07, 6.45) is 8.30. The third-order valence-corrected chi connectivity index (χ3v) is 5.78. The summed E-state index contributed by atoms with van der Waals surface area (Å²) in [6, 6.07) is 0.0148. The summed E-state index contributed by atoms with van der Waals surface area (Å²) in [6.45, 7) is 2.52. The summed E-state index contributed by atoms with van der Waals surface area (Å²) in [5.74, 6) is 0.453. The van der Waals surface area contributed by atoms with Crippen molar-refractivity contribution in [2.24, 2.45) is 5.92 Å². The molecule has 0 aliphatic heterocycles.